The molecule has 0 heterocycles. The molecule has 0 saturated heterocycles. The molecule has 30 heavy (non-hydrogen) atoms. The molecule has 1 aromatic rings. The third-order valence-electron chi connectivity index (χ3n) is 4.01. The van der Waals surface area contributed by atoms with Crippen LogP contribution in [-0.4, -0.2) is 93.8 Å². The summed E-state index contributed by atoms with van der Waals surface area (Å²) in [5.41, 5.74) is -0.685. The molecule has 1 unspecified atom stereocenters. The second-order valence-corrected chi connectivity index (χ2v) is 8.51. The van der Waals surface area contributed by atoms with Gasteiger partial charge in [0, 0.05) is 18.7 Å². The van der Waals surface area contributed by atoms with Gasteiger partial charge in [-0.2, -0.15) is 8.42 Å². The van der Waals surface area contributed by atoms with Crippen molar-refractivity contribution < 1.29 is 32.8 Å². The first-order valence-electron chi connectivity index (χ1n) is 8.62. The van der Waals surface area contributed by atoms with Crippen LogP contribution in [0.15, 0.2) is 43.0 Å². The minimum absolute atomic E-state index is 0. The van der Waals surface area contributed by atoms with Gasteiger partial charge in [-0.3, -0.25) is 14.1 Å². The third kappa shape index (κ3) is 9.31. The summed E-state index contributed by atoms with van der Waals surface area (Å²) < 4.78 is 32.2. The van der Waals surface area contributed by atoms with Crippen LogP contribution in [0.25, 0.3) is 0 Å². The minimum atomic E-state index is -4.47. The number of rotatable bonds is 10. The first-order chi connectivity index (χ1) is 13.3. The predicted molar refractivity (Wildman–Crippen MR) is 115 cm³/mol. The van der Waals surface area contributed by atoms with Gasteiger partial charge in [-0.15, -0.1) is 0 Å². The van der Waals surface area contributed by atoms with Gasteiger partial charge in [0.05, 0.1) is 11.3 Å². The van der Waals surface area contributed by atoms with Crippen molar-refractivity contribution in [2.75, 3.05) is 18.8 Å². The first-order valence-corrected chi connectivity index (χ1v) is 10.2. The number of phenolic OH excluding ortho intramolecular Hbond substituents is 2. The van der Waals surface area contributed by atoms with Crippen LogP contribution in [0.4, 0.5) is 0 Å². The van der Waals surface area contributed by atoms with Crippen molar-refractivity contribution in [1.29, 1.82) is 0 Å². The Labute approximate surface area is 198 Å². The molecule has 9 nitrogen and oxygen atoms in total. The van der Waals surface area contributed by atoms with Gasteiger partial charge in [-0.1, -0.05) is 19.2 Å². The SMILES string of the molecule is C=CC(=O)NC(C)(CN(CCc1ccc(O)c(O)c1)C(=O)C(=C)C)CS(=O)(=O)O.[NaH]. The Kier molecular flexibility index (Phi) is 10.8. The molecule has 0 fully saturated rings. The van der Waals surface area contributed by atoms with Crippen LogP contribution in [0.5, 0.6) is 11.5 Å². The summed E-state index contributed by atoms with van der Waals surface area (Å²) >= 11 is 0. The molecule has 2 amide bonds. The molecule has 0 aromatic heterocycles. The van der Waals surface area contributed by atoms with Crippen molar-refractivity contribution >= 4 is 51.5 Å². The number of carbonyl (C=O) groups is 2. The fourth-order valence-corrected chi connectivity index (χ4v) is 3.77. The normalized spacial score (nSPS) is 12.8. The Morgan fingerprint density at radius 1 is 1.27 bits per heavy atom. The summed E-state index contributed by atoms with van der Waals surface area (Å²) in [6.07, 6.45) is 1.22. The van der Waals surface area contributed by atoms with E-state index in [0.717, 1.165) is 6.08 Å². The summed E-state index contributed by atoms with van der Waals surface area (Å²) in [5.74, 6) is -2.55. The van der Waals surface area contributed by atoms with E-state index >= 15 is 0 Å². The van der Waals surface area contributed by atoms with Crippen molar-refractivity contribution in [3.8, 4) is 11.5 Å². The zero-order chi connectivity index (χ0) is 22.4. The molecular weight excluding hydrogens is 423 g/mol. The van der Waals surface area contributed by atoms with Crippen molar-refractivity contribution in [3.63, 3.8) is 0 Å². The Morgan fingerprint density at radius 2 is 1.87 bits per heavy atom. The maximum atomic E-state index is 12.6. The van der Waals surface area contributed by atoms with Gasteiger partial charge >= 0.3 is 29.6 Å². The van der Waals surface area contributed by atoms with E-state index in [2.05, 4.69) is 18.5 Å². The monoisotopic (exact) mass is 450 g/mol. The second-order valence-electron chi connectivity index (χ2n) is 7.06. The van der Waals surface area contributed by atoms with E-state index in [1.54, 1.807) is 6.07 Å². The van der Waals surface area contributed by atoms with Crippen LogP contribution in [0.1, 0.15) is 19.4 Å². The fraction of sp³-hybridized carbons (Fsp3) is 0.368. The molecule has 11 heteroatoms. The van der Waals surface area contributed by atoms with Gasteiger partial charge in [-0.25, -0.2) is 0 Å². The summed E-state index contributed by atoms with van der Waals surface area (Å²) in [7, 11) is -4.47. The van der Waals surface area contributed by atoms with Crippen molar-refractivity contribution in [1.82, 2.24) is 10.2 Å². The molecule has 162 valence electrons. The van der Waals surface area contributed by atoms with Gasteiger partial charge in [0.2, 0.25) is 11.8 Å². The van der Waals surface area contributed by atoms with Crippen LogP contribution in [-0.2, 0) is 26.1 Å². The van der Waals surface area contributed by atoms with Crippen LogP contribution >= 0.6 is 0 Å². The number of nitrogens with zero attached hydrogens (tertiary/aromatic N) is 1. The number of amides is 2. The van der Waals surface area contributed by atoms with E-state index in [4.69, 9.17) is 0 Å². The average molecular weight is 450 g/mol. The van der Waals surface area contributed by atoms with Crippen LogP contribution in [0.3, 0.4) is 0 Å². The molecule has 0 saturated carbocycles. The number of nitrogens with one attached hydrogen (secondary N) is 1. The summed E-state index contributed by atoms with van der Waals surface area (Å²) in [4.78, 5) is 25.6. The summed E-state index contributed by atoms with van der Waals surface area (Å²) in [6.45, 7) is 9.65. The van der Waals surface area contributed by atoms with Crippen molar-refractivity contribution in [2.45, 2.75) is 25.8 Å². The molecule has 4 N–H and O–H groups in total. The number of hydrogen-bond donors (Lipinski definition) is 4. The molecule has 0 aliphatic carbocycles. The van der Waals surface area contributed by atoms with E-state index in [9.17, 15) is 32.8 Å². The van der Waals surface area contributed by atoms with Gasteiger partial charge in [0.15, 0.2) is 11.5 Å². The van der Waals surface area contributed by atoms with E-state index in [1.807, 2.05) is 0 Å². The van der Waals surface area contributed by atoms with Gasteiger partial charge in [0.25, 0.3) is 10.1 Å². The Hall–Kier alpha value is -1.85. The molecule has 0 aliphatic heterocycles. The summed E-state index contributed by atoms with van der Waals surface area (Å²) in [5, 5.41) is 21.4. The number of carbonyl (C=O) groups excluding carboxylic acids is 2. The molecule has 1 atom stereocenters. The zero-order valence-electron chi connectivity index (χ0n) is 16.4. The van der Waals surface area contributed by atoms with Crippen LogP contribution in [0.2, 0.25) is 0 Å². The summed E-state index contributed by atoms with van der Waals surface area (Å²) in [6, 6.07) is 4.22. The number of phenols is 2. The van der Waals surface area contributed by atoms with E-state index < -0.39 is 33.2 Å². The molecule has 1 rings (SSSR count). The molecule has 1 aromatic carbocycles. The number of hydrogen-bond acceptors (Lipinski definition) is 6. The van der Waals surface area contributed by atoms with Crippen molar-refractivity contribution in [2.24, 2.45) is 0 Å². The zero-order valence-corrected chi connectivity index (χ0v) is 17.2. The Balaban J connectivity index is 0.00000841. The van der Waals surface area contributed by atoms with Crippen LogP contribution < -0.4 is 5.32 Å². The number of benzene rings is 1. The topological polar surface area (TPSA) is 144 Å². The molecule has 0 aliphatic rings. The van der Waals surface area contributed by atoms with Gasteiger partial charge in [-0.05, 0) is 44.0 Å². The standard InChI is InChI=1S/C19H26N2O7S.Na.H/c1-5-17(24)20-19(4,12-29(26,27)28)11-21(18(25)13(2)3)9-8-14-6-7-15(22)16(23)10-14;;/h5-7,10,22-23H,1-2,8-9,11-12H2,3-4H3,(H,20,24)(H,26,27,28);;. The predicted octanol–water partition coefficient (Wildman–Crippen LogP) is 0.345. The second kappa shape index (κ2) is 11.5. The third-order valence-corrected chi connectivity index (χ3v) is 5.02. The quantitative estimate of drug-likeness (QED) is 0.174. The van der Waals surface area contributed by atoms with E-state index in [0.29, 0.717) is 5.56 Å². The van der Waals surface area contributed by atoms with Gasteiger partial charge in [0.1, 0.15) is 0 Å². The molecule has 0 bridgehead atoms. The van der Waals surface area contributed by atoms with Crippen molar-refractivity contribution in [3.05, 3.63) is 48.6 Å². The van der Waals surface area contributed by atoms with E-state index in [1.165, 1.54) is 30.9 Å². The Morgan fingerprint density at radius 3 is 2.33 bits per heavy atom. The molecular formula is C19H27N2NaO7S. The molecule has 0 spiro atoms. The molecule has 0 radical (unpaired) electrons. The maximum absolute atomic E-state index is 12.6. The van der Waals surface area contributed by atoms with Crippen LogP contribution in [0, 0.1) is 0 Å². The first kappa shape index (κ1) is 28.1. The Bertz CT molecular complexity index is 917. The van der Waals surface area contributed by atoms with E-state index in [-0.39, 0.29) is 66.1 Å². The average Bonchev–Trinajstić information content (AvgIpc) is 2.58. The number of aromatic hydroxyl groups is 2. The van der Waals surface area contributed by atoms with Gasteiger partial charge < -0.3 is 20.4 Å². The fourth-order valence-electron chi connectivity index (χ4n) is 2.80.